The van der Waals surface area contributed by atoms with Crippen LogP contribution in [0.1, 0.15) is 31.7 Å². The summed E-state index contributed by atoms with van der Waals surface area (Å²) in [6.45, 7) is 4.58. The summed E-state index contributed by atoms with van der Waals surface area (Å²) in [7, 11) is 0. The van der Waals surface area contributed by atoms with Crippen LogP contribution in [0.2, 0.25) is 0 Å². The SMILES string of the molecule is C/C(=C\c1ccccc1)C1CC1NC1CCN(CC(N)=O)CC1. The lowest BCUT2D eigenvalue weighted by Gasteiger charge is -2.31. The summed E-state index contributed by atoms with van der Waals surface area (Å²) in [4.78, 5) is 13.1. The smallest absolute Gasteiger partial charge is 0.231 e. The van der Waals surface area contributed by atoms with E-state index in [-0.39, 0.29) is 5.91 Å². The van der Waals surface area contributed by atoms with Crippen molar-refractivity contribution in [3.8, 4) is 0 Å². The number of amides is 1. The fourth-order valence-electron chi connectivity index (χ4n) is 3.58. The second kappa shape index (κ2) is 7.28. The third-order valence-electron chi connectivity index (χ3n) is 4.99. The molecule has 1 aromatic carbocycles. The third kappa shape index (κ3) is 4.66. The van der Waals surface area contributed by atoms with Crippen LogP contribution in [0.4, 0.5) is 0 Å². The largest absolute Gasteiger partial charge is 0.369 e. The zero-order valence-electron chi connectivity index (χ0n) is 13.9. The van der Waals surface area contributed by atoms with Crippen molar-refractivity contribution in [1.82, 2.24) is 10.2 Å². The zero-order chi connectivity index (χ0) is 16.2. The van der Waals surface area contributed by atoms with Gasteiger partial charge in [0.05, 0.1) is 6.54 Å². The van der Waals surface area contributed by atoms with Crippen molar-refractivity contribution in [3.05, 3.63) is 41.5 Å². The number of piperidine rings is 1. The molecule has 2 aliphatic rings. The van der Waals surface area contributed by atoms with Gasteiger partial charge in [0.15, 0.2) is 0 Å². The predicted octanol–water partition coefficient (Wildman–Crippen LogP) is 2.02. The Labute approximate surface area is 138 Å². The molecule has 0 bridgehead atoms. The van der Waals surface area contributed by atoms with Crippen molar-refractivity contribution in [3.63, 3.8) is 0 Å². The molecular formula is C19H27N3O. The Bertz CT molecular complexity index is 561. The average molecular weight is 313 g/mol. The molecule has 4 heteroatoms. The highest BCUT2D eigenvalue weighted by Gasteiger charge is 2.39. The van der Waals surface area contributed by atoms with Crippen LogP contribution < -0.4 is 11.1 Å². The number of hydrogen-bond acceptors (Lipinski definition) is 3. The molecular weight excluding hydrogens is 286 g/mol. The van der Waals surface area contributed by atoms with Gasteiger partial charge in [-0.15, -0.1) is 0 Å². The molecule has 23 heavy (non-hydrogen) atoms. The first-order chi connectivity index (χ1) is 11.1. The molecule has 4 nitrogen and oxygen atoms in total. The van der Waals surface area contributed by atoms with Gasteiger partial charge in [-0.05, 0) is 37.7 Å². The van der Waals surface area contributed by atoms with Crippen LogP contribution in [0.5, 0.6) is 0 Å². The Balaban J connectivity index is 1.43. The number of rotatable bonds is 6. The molecule has 1 saturated carbocycles. The number of nitrogens with zero attached hydrogens (tertiary/aromatic N) is 1. The molecule has 1 amide bonds. The van der Waals surface area contributed by atoms with Crippen molar-refractivity contribution >= 4 is 12.0 Å². The molecule has 0 spiro atoms. The van der Waals surface area contributed by atoms with Gasteiger partial charge in [0.1, 0.15) is 0 Å². The van der Waals surface area contributed by atoms with Crippen molar-refractivity contribution in [2.75, 3.05) is 19.6 Å². The maximum atomic E-state index is 11.0. The van der Waals surface area contributed by atoms with Gasteiger partial charge in [-0.2, -0.15) is 0 Å². The van der Waals surface area contributed by atoms with Crippen LogP contribution in [0, 0.1) is 5.92 Å². The quantitative estimate of drug-likeness (QED) is 0.845. The van der Waals surface area contributed by atoms with E-state index >= 15 is 0 Å². The first-order valence-corrected chi connectivity index (χ1v) is 8.62. The maximum Gasteiger partial charge on any atom is 0.231 e. The lowest BCUT2D eigenvalue weighted by Crippen LogP contribution is -2.46. The Morgan fingerprint density at radius 1 is 1.30 bits per heavy atom. The topological polar surface area (TPSA) is 58.4 Å². The van der Waals surface area contributed by atoms with Gasteiger partial charge < -0.3 is 11.1 Å². The van der Waals surface area contributed by atoms with E-state index in [1.54, 1.807) is 0 Å². The van der Waals surface area contributed by atoms with Gasteiger partial charge in [-0.25, -0.2) is 0 Å². The number of nitrogens with one attached hydrogen (secondary N) is 1. The molecule has 1 heterocycles. The summed E-state index contributed by atoms with van der Waals surface area (Å²) in [6, 6.07) is 11.7. The molecule has 0 aromatic heterocycles. The minimum Gasteiger partial charge on any atom is -0.369 e. The van der Waals surface area contributed by atoms with Crippen molar-refractivity contribution in [2.45, 2.75) is 38.3 Å². The molecule has 2 fully saturated rings. The number of likely N-dealkylation sites (tertiary alicyclic amines) is 1. The normalized spacial score (nSPS) is 26.2. The predicted molar refractivity (Wildman–Crippen MR) is 93.8 cm³/mol. The Kier molecular flexibility index (Phi) is 5.13. The van der Waals surface area contributed by atoms with E-state index in [1.165, 1.54) is 17.6 Å². The van der Waals surface area contributed by atoms with E-state index in [1.807, 2.05) is 0 Å². The highest BCUT2D eigenvalue weighted by Crippen LogP contribution is 2.38. The molecule has 1 aliphatic heterocycles. The van der Waals surface area contributed by atoms with Crippen molar-refractivity contribution in [2.24, 2.45) is 11.7 Å². The van der Waals surface area contributed by atoms with Gasteiger partial charge in [0.2, 0.25) is 5.91 Å². The molecule has 2 atom stereocenters. The second-order valence-corrected chi connectivity index (χ2v) is 6.93. The third-order valence-corrected chi connectivity index (χ3v) is 4.99. The maximum absolute atomic E-state index is 11.0. The van der Waals surface area contributed by atoms with Gasteiger partial charge >= 0.3 is 0 Å². The van der Waals surface area contributed by atoms with E-state index in [4.69, 9.17) is 5.73 Å². The number of carbonyl (C=O) groups is 1. The van der Waals surface area contributed by atoms with Crippen LogP contribution in [0.15, 0.2) is 35.9 Å². The number of carbonyl (C=O) groups excluding carboxylic acids is 1. The molecule has 124 valence electrons. The molecule has 1 aliphatic carbocycles. The first-order valence-electron chi connectivity index (χ1n) is 8.62. The Morgan fingerprint density at radius 3 is 2.65 bits per heavy atom. The molecule has 0 radical (unpaired) electrons. The summed E-state index contributed by atoms with van der Waals surface area (Å²) >= 11 is 0. The first kappa shape index (κ1) is 16.2. The van der Waals surface area contributed by atoms with Crippen LogP contribution in [0.3, 0.4) is 0 Å². The zero-order valence-corrected chi connectivity index (χ0v) is 13.9. The fourth-order valence-corrected chi connectivity index (χ4v) is 3.58. The molecule has 1 saturated heterocycles. The number of hydrogen-bond donors (Lipinski definition) is 2. The van der Waals surface area contributed by atoms with Gasteiger partial charge in [0.25, 0.3) is 0 Å². The van der Waals surface area contributed by atoms with E-state index in [9.17, 15) is 4.79 Å². The van der Waals surface area contributed by atoms with Crippen LogP contribution in [-0.2, 0) is 4.79 Å². The number of primary amides is 1. The molecule has 1 aromatic rings. The van der Waals surface area contributed by atoms with E-state index in [0.29, 0.717) is 24.5 Å². The number of benzene rings is 1. The lowest BCUT2D eigenvalue weighted by molar-refractivity contribution is -0.119. The summed E-state index contributed by atoms with van der Waals surface area (Å²) in [5.41, 5.74) is 8.02. The minimum absolute atomic E-state index is 0.222. The van der Waals surface area contributed by atoms with Crippen molar-refractivity contribution < 1.29 is 4.79 Å². The van der Waals surface area contributed by atoms with E-state index in [0.717, 1.165) is 25.9 Å². The molecule has 3 rings (SSSR count). The number of nitrogens with two attached hydrogens (primary N) is 1. The van der Waals surface area contributed by atoms with Gasteiger partial charge in [-0.3, -0.25) is 9.69 Å². The van der Waals surface area contributed by atoms with Gasteiger partial charge in [0, 0.05) is 25.2 Å². The highest BCUT2D eigenvalue weighted by atomic mass is 16.1. The summed E-state index contributed by atoms with van der Waals surface area (Å²) < 4.78 is 0. The van der Waals surface area contributed by atoms with Crippen LogP contribution in [0.25, 0.3) is 6.08 Å². The molecule has 2 unspecified atom stereocenters. The van der Waals surface area contributed by atoms with Crippen LogP contribution in [-0.4, -0.2) is 42.5 Å². The summed E-state index contributed by atoms with van der Waals surface area (Å²) in [6.07, 6.45) is 5.77. The Hall–Kier alpha value is -1.65. The Morgan fingerprint density at radius 2 is 2.00 bits per heavy atom. The average Bonchev–Trinajstić information content (AvgIpc) is 3.29. The highest BCUT2D eigenvalue weighted by molar-refractivity contribution is 5.75. The van der Waals surface area contributed by atoms with Gasteiger partial charge in [-0.1, -0.05) is 42.0 Å². The van der Waals surface area contributed by atoms with Crippen LogP contribution >= 0.6 is 0 Å². The summed E-state index contributed by atoms with van der Waals surface area (Å²) in [5.74, 6) is 0.458. The summed E-state index contributed by atoms with van der Waals surface area (Å²) in [5, 5.41) is 3.80. The monoisotopic (exact) mass is 313 g/mol. The van der Waals surface area contributed by atoms with Crippen molar-refractivity contribution in [1.29, 1.82) is 0 Å². The van der Waals surface area contributed by atoms with E-state index < -0.39 is 0 Å². The molecule has 3 N–H and O–H groups in total. The van der Waals surface area contributed by atoms with E-state index in [2.05, 4.69) is 53.5 Å². The standard InChI is InChI=1S/C19H27N3O/c1-14(11-15-5-3-2-4-6-15)17-12-18(17)21-16-7-9-22(10-8-16)13-19(20)23/h2-6,11,16-18,21H,7-10,12-13H2,1H3,(H2,20,23)/b14-11+. The second-order valence-electron chi connectivity index (χ2n) is 6.93. The minimum atomic E-state index is -0.222. The lowest BCUT2D eigenvalue weighted by atomic mass is 10.0. The fraction of sp³-hybridized carbons (Fsp3) is 0.526.